The average Bonchev–Trinajstić information content (AvgIpc) is 1.73. The first-order valence-corrected chi connectivity index (χ1v) is 45.8. The van der Waals surface area contributed by atoms with Crippen LogP contribution in [0.2, 0.25) is 0 Å². The number of fused-ring (bicyclic) bond motifs is 5. The van der Waals surface area contributed by atoms with E-state index in [1.165, 1.54) is 18.7 Å². The first-order chi connectivity index (χ1) is 61.6. The molecule has 4 aromatic carbocycles. The molecule has 8 aromatic rings. The number of rotatable bonds is 22. The second-order valence-electron chi connectivity index (χ2n) is 33.3. The van der Waals surface area contributed by atoms with Crippen LogP contribution in [0, 0.1) is 11.8 Å². The number of aliphatic carboxylic acids is 2. The lowest BCUT2D eigenvalue weighted by molar-refractivity contribution is -0.143. The van der Waals surface area contributed by atoms with Gasteiger partial charge in [0.1, 0.15) is 78.5 Å². The van der Waals surface area contributed by atoms with Crippen molar-refractivity contribution in [1.29, 1.82) is 0 Å². The van der Waals surface area contributed by atoms with Crippen LogP contribution < -0.4 is 75.3 Å². The Balaban J connectivity index is 0.994. The van der Waals surface area contributed by atoms with Crippen molar-refractivity contribution >= 4 is 154 Å². The van der Waals surface area contributed by atoms with Crippen molar-refractivity contribution < 1.29 is 92.3 Å². The Hall–Kier alpha value is -12.4. The number of para-hydroxylation sites is 4. The summed E-state index contributed by atoms with van der Waals surface area (Å²) in [6.45, 7) is 10.7. The minimum atomic E-state index is -1.94. The minimum Gasteiger partial charge on any atom is -0.481 e. The third-order valence-corrected chi connectivity index (χ3v) is 25.6. The van der Waals surface area contributed by atoms with Crippen LogP contribution in [0.25, 0.3) is 43.6 Å². The molecule has 2 fully saturated rings. The van der Waals surface area contributed by atoms with E-state index in [2.05, 4.69) is 83.7 Å². The normalized spacial score (nSPS) is 25.0. The molecule has 4 aromatic heterocycles. The smallest absolute Gasteiger partial charge is 0.327 e. The summed E-state index contributed by atoms with van der Waals surface area (Å²) in [5, 5.41) is 77.8. The number of aromatic nitrogens is 4. The largest absolute Gasteiger partial charge is 0.481 e. The molecule has 0 saturated carbocycles. The molecule has 0 spiro atoms. The van der Waals surface area contributed by atoms with Crippen molar-refractivity contribution in [3.05, 3.63) is 144 Å². The Morgan fingerprint density at radius 2 is 0.814 bits per heavy atom. The molecular formula is C89H117N19O19S2. The Kier molecular flexibility index (Phi) is 35.7. The van der Waals surface area contributed by atoms with E-state index in [1.54, 1.807) is 150 Å². The molecule has 24 N–H and O–H groups in total. The molecule has 6 heterocycles. The summed E-state index contributed by atoms with van der Waals surface area (Å²) in [6.07, 6.45) is 1.63. The van der Waals surface area contributed by atoms with E-state index >= 15 is 28.8 Å². The van der Waals surface area contributed by atoms with E-state index < -0.39 is 204 Å². The van der Waals surface area contributed by atoms with Gasteiger partial charge in [0.25, 0.3) is 0 Å². The highest BCUT2D eigenvalue weighted by Gasteiger charge is 2.44. The highest BCUT2D eigenvalue weighted by Crippen LogP contribution is 2.29. The number of aliphatic hydroxyl groups is 2. The van der Waals surface area contributed by atoms with Gasteiger partial charge in [-0.1, -0.05) is 128 Å². The predicted molar refractivity (Wildman–Crippen MR) is 484 cm³/mol. The zero-order chi connectivity index (χ0) is 93.4. The fourth-order valence-corrected chi connectivity index (χ4v) is 18.0. The number of carboxylic acid groups (broad SMARTS) is 2. The molecule has 2 aliphatic heterocycles. The molecule has 2 aliphatic rings. The van der Waals surface area contributed by atoms with Crippen LogP contribution in [0.1, 0.15) is 129 Å². The molecule has 40 heteroatoms. The summed E-state index contributed by atoms with van der Waals surface area (Å²) in [4.78, 5) is 233. The third-order valence-electron chi connectivity index (χ3n) is 23.1. The molecule has 0 bridgehead atoms. The number of unbranched alkanes of at least 4 members (excludes halogenated alkanes) is 1. The van der Waals surface area contributed by atoms with E-state index in [0.717, 1.165) is 28.5 Å². The van der Waals surface area contributed by atoms with E-state index in [4.69, 9.17) is 11.5 Å². The van der Waals surface area contributed by atoms with Crippen molar-refractivity contribution in [3.8, 4) is 0 Å². The van der Waals surface area contributed by atoms with Gasteiger partial charge in [0.05, 0.1) is 18.2 Å². The van der Waals surface area contributed by atoms with Crippen LogP contribution in [0.4, 0.5) is 0 Å². The van der Waals surface area contributed by atoms with Gasteiger partial charge in [-0.25, -0.2) is 4.79 Å². The van der Waals surface area contributed by atoms with Gasteiger partial charge in [-0.15, -0.1) is 0 Å². The van der Waals surface area contributed by atoms with E-state index in [1.807, 2.05) is 0 Å². The van der Waals surface area contributed by atoms with Gasteiger partial charge in [0.2, 0.25) is 76.8 Å². The molecule has 17 atom stereocenters. The summed E-state index contributed by atoms with van der Waals surface area (Å²) in [5.41, 5.74) is 17.0. The Labute approximate surface area is 751 Å². The number of carbonyl (C=O) groups is 15. The number of carbonyl (C=O) groups excluding carboxylic acids is 13. The first-order valence-electron chi connectivity index (χ1n) is 43.3. The predicted octanol–water partition coefficient (Wildman–Crippen LogP) is 1.37. The number of amides is 13. The topological polar surface area (TPSA) is 600 Å². The van der Waals surface area contributed by atoms with E-state index in [-0.39, 0.29) is 94.7 Å². The number of benzene rings is 4. The SMILES string of the molecule is CC[C@H](C)[C@@H]1NC(=O)[C@H](Cc2c[nH]c3ccccc23)NC(=O)[C@H](CCC(=O)O)NC(=O)[C@H]([C@@H](C)O)NC(=O)[C@H](CC(C)C)NC(=O)[C@H](Cc2c[nH]c3ccccc23)NC(=O)[C@H](CCCCN)NC(=O)[C@@H](N)CSSC[C@@H](C(=O)O)NC(=O)[C@H](C)NC(=O)[C@H](Cc2c[nH]c3ccccc23)NC(=O)[C@H]([C@@H](C)O)NC(=O)[C@H](Cc2c[nH]c3ccccc23)NC(=O)[C@@H]2CCCN2C1=O. The molecule has 2 saturated heterocycles. The summed E-state index contributed by atoms with van der Waals surface area (Å²) >= 11 is 0. The maximum Gasteiger partial charge on any atom is 0.327 e. The number of aliphatic hydroxyl groups excluding tert-OH is 2. The fraction of sp³-hybridized carbons (Fsp3) is 0.472. The zero-order valence-corrected chi connectivity index (χ0v) is 74.4. The molecule has 38 nitrogen and oxygen atoms in total. The van der Waals surface area contributed by atoms with Gasteiger partial charge in [-0.2, -0.15) is 0 Å². The van der Waals surface area contributed by atoms with Crippen molar-refractivity contribution in [2.24, 2.45) is 23.3 Å². The highest BCUT2D eigenvalue weighted by atomic mass is 33.1. The van der Waals surface area contributed by atoms with Gasteiger partial charge < -0.3 is 121 Å². The second kappa shape index (κ2) is 46.6. The summed E-state index contributed by atoms with van der Waals surface area (Å²) in [7, 11) is 1.87. The second-order valence-corrected chi connectivity index (χ2v) is 35.9. The number of nitrogens with one attached hydrogen (secondary N) is 16. The minimum absolute atomic E-state index is 0.0231. The quantitative estimate of drug-likeness (QED) is 0.0336. The average molecular weight is 1820 g/mol. The molecule has 0 aliphatic carbocycles. The maximum absolute atomic E-state index is 15.5. The van der Waals surface area contributed by atoms with Gasteiger partial charge >= 0.3 is 11.9 Å². The van der Waals surface area contributed by atoms with E-state index in [0.29, 0.717) is 72.3 Å². The van der Waals surface area contributed by atoms with Crippen LogP contribution >= 0.6 is 21.6 Å². The number of H-pyrrole nitrogens is 4. The van der Waals surface area contributed by atoms with Crippen molar-refractivity contribution in [2.75, 3.05) is 24.6 Å². The Bertz CT molecular complexity index is 5340. The lowest BCUT2D eigenvalue weighted by Crippen LogP contribution is -2.63. The van der Waals surface area contributed by atoms with Crippen molar-refractivity contribution in [2.45, 2.75) is 229 Å². The standard InChI is InChI=1S/C89H117N19O19S2/c1-8-46(4)73-88(125)108-33-19-29-71(108)85(122)102-69(38-53-42-95-62-27-16-12-23-57(53)62)84(121)107-75(49(7)110)87(124)103-66(35-50-39-92-59-24-13-9-20-54(50)59)80(117)96-47(5)76(113)104-70(89(126)127)44-129-128-43-58(91)77(114)97-63(28-17-18-32-90)78(115)100-67(36-51-40-93-60-25-14-10-21-55(51)60)81(118)99-65(34-45(2)3)82(119)106-74(48(6)109)86(123)98-64(30-31-72(111)112)79(116)101-68(83(120)105-73)37-52-41-94-61-26-15-11-22-56(52)61/h9-16,20-27,39-42,45-49,58,63-71,73-75,92-95,109-110H,8,17-19,28-38,43-44,90-91H2,1-7H3,(H,96,117)(H,97,114)(H,98,123)(H,99,118)(H,100,115)(H,101,116)(H,102,122)(H,103,124)(H,104,113)(H,105,120)(H,106,119)(H,107,121)(H,111,112)(H,126,127)/t46-,47-,48+,49+,58-,63-,64-,65-,66-,67-,68-,69-,70-,71-,73-,74-,75-/m0/s1. The Morgan fingerprint density at radius 1 is 0.442 bits per heavy atom. The maximum atomic E-state index is 15.5. The zero-order valence-electron chi connectivity index (χ0n) is 72.8. The summed E-state index contributed by atoms with van der Waals surface area (Å²) < 4.78 is 0. The molecule has 694 valence electrons. The van der Waals surface area contributed by atoms with Crippen LogP contribution in [0.3, 0.4) is 0 Å². The van der Waals surface area contributed by atoms with Gasteiger partial charge in [-0.3, -0.25) is 67.1 Å². The number of nitrogens with zero attached hydrogens (tertiary/aromatic N) is 1. The summed E-state index contributed by atoms with van der Waals surface area (Å²) in [5.74, 6) is -17.1. The third kappa shape index (κ3) is 26.7. The first kappa shape index (κ1) is 98.8. The molecule has 10 rings (SSSR count). The molecular weight excluding hydrogens is 1700 g/mol. The molecule has 129 heavy (non-hydrogen) atoms. The monoisotopic (exact) mass is 1820 g/mol. The molecule has 0 unspecified atom stereocenters. The van der Waals surface area contributed by atoms with Crippen LogP contribution in [-0.2, 0) is 97.6 Å². The van der Waals surface area contributed by atoms with Crippen LogP contribution in [0.15, 0.2) is 122 Å². The van der Waals surface area contributed by atoms with Gasteiger partial charge in [0.15, 0.2) is 0 Å². The van der Waals surface area contributed by atoms with Crippen molar-refractivity contribution in [1.82, 2.24) is 88.6 Å². The van der Waals surface area contributed by atoms with E-state index in [9.17, 15) is 63.6 Å². The Morgan fingerprint density at radius 3 is 1.24 bits per heavy atom. The highest BCUT2D eigenvalue weighted by molar-refractivity contribution is 8.76. The van der Waals surface area contributed by atoms with Crippen LogP contribution in [0.5, 0.6) is 0 Å². The lowest BCUT2D eigenvalue weighted by atomic mass is 9.96. The fourth-order valence-electron chi connectivity index (χ4n) is 15.7. The molecule has 13 amide bonds. The van der Waals surface area contributed by atoms with Crippen molar-refractivity contribution in [3.63, 3.8) is 0 Å². The lowest BCUT2D eigenvalue weighted by Gasteiger charge is -2.33. The summed E-state index contributed by atoms with van der Waals surface area (Å²) in [6, 6.07) is 6.14. The number of carboxylic acids is 2. The number of hydrogen-bond donors (Lipinski definition) is 22. The number of hydrogen-bond acceptors (Lipinski definition) is 21. The number of aromatic amines is 4. The number of nitrogens with two attached hydrogens (primary N) is 2. The van der Waals surface area contributed by atoms with Gasteiger partial charge in [-0.05, 0) is 131 Å². The molecule has 0 radical (unpaired) electrons. The van der Waals surface area contributed by atoms with Gasteiger partial charge in [0, 0.05) is 119 Å². The van der Waals surface area contributed by atoms with Crippen LogP contribution in [-0.4, -0.2) is 255 Å².